The van der Waals surface area contributed by atoms with Crippen LogP contribution < -0.4 is 14.5 Å². The Morgan fingerprint density at radius 3 is 2.20 bits per heavy atom. The van der Waals surface area contributed by atoms with Crippen molar-refractivity contribution in [2.45, 2.75) is 32.0 Å². The van der Waals surface area contributed by atoms with Crippen LogP contribution in [0.25, 0.3) is 0 Å². The quantitative estimate of drug-likeness (QED) is 0.204. The van der Waals surface area contributed by atoms with E-state index in [-0.39, 0.29) is 0 Å². The predicted octanol–water partition coefficient (Wildman–Crippen LogP) is 6.51. The third-order valence-corrected chi connectivity index (χ3v) is 8.31. The summed E-state index contributed by atoms with van der Waals surface area (Å²) < 4.78 is 5.21. The molecule has 0 atom stereocenters. The van der Waals surface area contributed by atoms with E-state index in [0.717, 1.165) is 37.7 Å². The molecule has 4 aromatic rings. The molecule has 1 saturated heterocycles. The number of benzene rings is 2. The van der Waals surface area contributed by atoms with Crippen molar-refractivity contribution >= 4 is 22.8 Å². The molecule has 0 bridgehead atoms. The summed E-state index contributed by atoms with van der Waals surface area (Å²) in [5.41, 5.74) is 2.61. The molecule has 2 aromatic heterocycles. The Morgan fingerprint density at radius 2 is 1.59 bits per heavy atom. The Morgan fingerprint density at radius 1 is 0.854 bits per heavy atom. The van der Waals surface area contributed by atoms with Gasteiger partial charge >= 0.3 is 0 Å². The zero-order chi connectivity index (χ0) is 28.9. The van der Waals surface area contributed by atoms with Crippen LogP contribution in [0.2, 0.25) is 0 Å². The smallest absolute Gasteiger partial charge is 0.128 e. The van der Waals surface area contributed by atoms with Crippen LogP contribution in [0.15, 0.2) is 96.5 Å². The number of piperidine rings is 1. The maximum absolute atomic E-state index is 5.21. The third-order valence-electron chi connectivity index (χ3n) is 7.45. The van der Waals surface area contributed by atoms with Crippen LogP contribution in [0.3, 0.4) is 0 Å². The van der Waals surface area contributed by atoms with E-state index in [2.05, 4.69) is 112 Å². The molecule has 3 heterocycles. The highest BCUT2D eigenvalue weighted by Gasteiger charge is 2.23. The molecule has 218 valence electrons. The zero-order valence-corrected chi connectivity index (χ0v) is 25.8. The van der Waals surface area contributed by atoms with Gasteiger partial charge in [-0.1, -0.05) is 42.5 Å². The second kappa shape index (κ2) is 16.2. The number of hydrogen-bond donors (Lipinski definition) is 0. The fourth-order valence-electron chi connectivity index (χ4n) is 5.02. The molecule has 1 aliphatic rings. The van der Waals surface area contributed by atoms with Crippen LogP contribution in [0.5, 0.6) is 5.75 Å². The Bertz CT molecular complexity index is 1230. The van der Waals surface area contributed by atoms with E-state index >= 15 is 0 Å². The maximum atomic E-state index is 5.21. The van der Waals surface area contributed by atoms with Gasteiger partial charge in [0.2, 0.25) is 0 Å². The minimum Gasteiger partial charge on any atom is -0.497 e. The van der Waals surface area contributed by atoms with Crippen LogP contribution in [0.4, 0.5) is 11.5 Å². The summed E-state index contributed by atoms with van der Waals surface area (Å²) in [6.07, 6.45) is 4.36. The molecule has 0 N–H and O–H groups in total. The second-order valence-electron chi connectivity index (χ2n) is 10.8. The van der Waals surface area contributed by atoms with E-state index in [1.165, 1.54) is 42.1 Å². The molecule has 0 aliphatic carbocycles. The van der Waals surface area contributed by atoms with Crippen molar-refractivity contribution in [2.75, 3.05) is 64.2 Å². The number of aromatic nitrogens is 1. The molecule has 1 aliphatic heterocycles. The van der Waals surface area contributed by atoms with E-state index in [1.807, 2.05) is 41.8 Å². The van der Waals surface area contributed by atoms with Gasteiger partial charge in [-0.2, -0.15) is 0 Å². The van der Waals surface area contributed by atoms with E-state index in [9.17, 15) is 0 Å². The molecule has 0 amide bonds. The minimum absolute atomic E-state index is 0.663. The van der Waals surface area contributed by atoms with Crippen LogP contribution in [-0.4, -0.2) is 75.3 Å². The summed E-state index contributed by atoms with van der Waals surface area (Å²) in [6.45, 7) is 6.23. The molecule has 2 aromatic carbocycles. The van der Waals surface area contributed by atoms with Crippen LogP contribution in [0, 0.1) is 0 Å². The van der Waals surface area contributed by atoms with E-state index in [4.69, 9.17) is 4.74 Å². The summed E-state index contributed by atoms with van der Waals surface area (Å²) in [6, 6.07) is 30.2. The summed E-state index contributed by atoms with van der Waals surface area (Å²) in [5.74, 6) is 1.89. The van der Waals surface area contributed by atoms with Gasteiger partial charge in [0.25, 0.3) is 0 Å². The monoisotopic (exact) mass is 571 g/mol. The normalized spacial score (nSPS) is 13.9. The third kappa shape index (κ3) is 9.88. The molecule has 0 radical (unpaired) electrons. The number of nitrogens with zero attached hydrogens (tertiary/aromatic N) is 5. The van der Waals surface area contributed by atoms with Gasteiger partial charge in [0.15, 0.2) is 0 Å². The first-order valence-corrected chi connectivity index (χ1v) is 15.4. The first kappa shape index (κ1) is 30.6. The zero-order valence-electron chi connectivity index (χ0n) is 25.0. The van der Waals surface area contributed by atoms with Crippen LogP contribution >= 0.6 is 11.3 Å². The average molecular weight is 572 g/mol. The number of likely N-dealkylation sites (N-methyl/N-ethyl adjacent to an activating group) is 1. The van der Waals surface area contributed by atoms with E-state index in [0.29, 0.717) is 6.04 Å². The molecule has 41 heavy (non-hydrogen) atoms. The topological polar surface area (TPSA) is 35.1 Å². The minimum atomic E-state index is 0.663. The van der Waals surface area contributed by atoms with Crippen molar-refractivity contribution in [1.82, 2.24) is 14.8 Å². The summed E-state index contributed by atoms with van der Waals surface area (Å²) >= 11 is 1.86. The summed E-state index contributed by atoms with van der Waals surface area (Å²) in [7, 11) is 8.09. The highest BCUT2D eigenvalue weighted by atomic mass is 32.1. The van der Waals surface area contributed by atoms with Gasteiger partial charge < -0.3 is 24.3 Å². The maximum Gasteiger partial charge on any atom is 0.128 e. The van der Waals surface area contributed by atoms with Gasteiger partial charge in [0.05, 0.1) is 13.7 Å². The van der Waals surface area contributed by atoms with Crippen molar-refractivity contribution in [2.24, 2.45) is 0 Å². The lowest BCUT2D eigenvalue weighted by atomic mass is 10.0. The first-order chi connectivity index (χ1) is 20.0. The molecule has 1 fully saturated rings. The molecular formula is C34H45N5OS. The molecule has 7 heteroatoms. The SMILES string of the molecule is CN1CCC(N(Cc2cccs2)c2ccccc2)CC1.COc1ccc(CN(CCN(C)C)c2ccccn2)cc1. The van der Waals surface area contributed by atoms with Crippen molar-refractivity contribution < 1.29 is 4.74 Å². The number of hydrogen-bond acceptors (Lipinski definition) is 7. The number of pyridine rings is 1. The number of thiophene rings is 1. The number of para-hydroxylation sites is 1. The molecule has 0 saturated carbocycles. The fourth-order valence-corrected chi connectivity index (χ4v) is 5.72. The molecule has 0 spiro atoms. The van der Waals surface area contributed by atoms with Crippen molar-refractivity contribution in [3.63, 3.8) is 0 Å². The lowest BCUT2D eigenvalue weighted by Gasteiger charge is -2.38. The number of rotatable bonds is 11. The lowest BCUT2D eigenvalue weighted by Crippen LogP contribution is -2.43. The molecule has 0 unspecified atom stereocenters. The van der Waals surface area contributed by atoms with Gasteiger partial charge in [-0.25, -0.2) is 4.98 Å². The lowest BCUT2D eigenvalue weighted by molar-refractivity contribution is 0.249. The Kier molecular flexibility index (Phi) is 12.0. The van der Waals surface area contributed by atoms with E-state index < -0.39 is 0 Å². The Labute approximate surface area is 250 Å². The van der Waals surface area contributed by atoms with Crippen molar-refractivity contribution in [3.8, 4) is 5.75 Å². The summed E-state index contributed by atoms with van der Waals surface area (Å²) in [5, 5.41) is 2.17. The highest BCUT2D eigenvalue weighted by Crippen LogP contribution is 2.26. The van der Waals surface area contributed by atoms with Crippen LogP contribution in [0.1, 0.15) is 23.3 Å². The average Bonchev–Trinajstić information content (AvgIpc) is 3.53. The number of likely N-dealkylation sites (tertiary alicyclic amines) is 1. The standard InChI is InChI=1S/C17H23N3O.C17H22N2S/c1-19(2)12-13-20(17-6-4-5-11-18-17)14-15-7-9-16(21-3)10-8-15;1-18-11-9-16(10-12-18)19(14-17-8-5-13-20-17)15-6-3-2-4-7-15/h4-11H,12-14H2,1-3H3;2-8,13,16H,9-12,14H2,1H3. The molecule has 6 nitrogen and oxygen atoms in total. The second-order valence-corrected chi connectivity index (χ2v) is 11.9. The van der Waals surface area contributed by atoms with Gasteiger partial charge in [-0.05, 0) is 100 Å². The van der Waals surface area contributed by atoms with Gasteiger partial charge in [-0.15, -0.1) is 11.3 Å². The van der Waals surface area contributed by atoms with Gasteiger partial charge in [0.1, 0.15) is 11.6 Å². The fraction of sp³-hybridized carbons (Fsp3) is 0.382. The highest BCUT2D eigenvalue weighted by molar-refractivity contribution is 7.09. The largest absolute Gasteiger partial charge is 0.497 e. The van der Waals surface area contributed by atoms with Crippen molar-refractivity contribution in [1.29, 1.82) is 0 Å². The van der Waals surface area contributed by atoms with Crippen LogP contribution in [-0.2, 0) is 13.1 Å². The van der Waals surface area contributed by atoms with Gasteiger partial charge in [0, 0.05) is 42.4 Å². The molecular weight excluding hydrogens is 526 g/mol. The number of ether oxygens (including phenoxy) is 1. The Hall–Kier alpha value is -3.39. The molecule has 5 rings (SSSR count). The number of methoxy groups -OCH3 is 1. The van der Waals surface area contributed by atoms with Gasteiger partial charge in [-0.3, -0.25) is 0 Å². The number of anilines is 2. The first-order valence-electron chi connectivity index (χ1n) is 14.5. The van der Waals surface area contributed by atoms with Crippen molar-refractivity contribution in [3.05, 3.63) is 107 Å². The summed E-state index contributed by atoms with van der Waals surface area (Å²) in [4.78, 5) is 15.4. The predicted molar refractivity (Wildman–Crippen MR) is 174 cm³/mol. The Balaban J connectivity index is 0.000000189. The van der Waals surface area contributed by atoms with E-state index in [1.54, 1.807) is 7.11 Å².